The number of likely N-dealkylation sites (tertiary alicyclic amines) is 1. The average molecular weight is 220 g/mol. The highest BCUT2D eigenvalue weighted by Gasteiger charge is 2.38. The Morgan fingerprint density at radius 2 is 2.21 bits per heavy atom. The largest absolute Gasteiger partial charge is 0.345 e. The van der Waals surface area contributed by atoms with Crippen LogP contribution < -0.4 is 5.73 Å². The van der Waals surface area contributed by atoms with Crippen molar-refractivity contribution in [3.8, 4) is 0 Å². The Balaban J connectivity index is 2.69. The molecule has 82 valence electrons. The molecule has 1 aliphatic rings. The third-order valence-corrected chi connectivity index (χ3v) is 4.61. The van der Waals surface area contributed by atoms with E-state index in [-0.39, 0.29) is 11.7 Å². The van der Waals surface area contributed by atoms with Crippen molar-refractivity contribution in [2.75, 3.05) is 25.9 Å². The van der Waals surface area contributed by atoms with E-state index in [1.165, 1.54) is 4.90 Å². The van der Waals surface area contributed by atoms with Gasteiger partial charge in [0.05, 0.1) is 5.75 Å². The first-order valence-electron chi connectivity index (χ1n) is 4.65. The highest BCUT2D eigenvalue weighted by atomic mass is 32.2. The maximum Gasteiger partial charge on any atom is 0.240 e. The van der Waals surface area contributed by atoms with Gasteiger partial charge in [-0.3, -0.25) is 4.79 Å². The highest BCUT2D eigenvalue weighted by Crippen LogP contribution is 2.18. The molecule has 0 aromatic carbocycles. The van der Waals surface area contributed by atoms with E-state index in [0.29, 0.717) is 25.9 Å². The molecule has 14 heavy (non-hydrogen) atoms. The molecule has 6 heteroatoms. The quantitative estimate of drug-likeness (QED) is 0.657. The first-order chi connectivity index (χ1) is 6.49. The van der Waals surface area contributed by atoms with Crippen LogP contribution in [0.25, 0.3) is 0 Å². The maximum atomic E-state index is 11.6. The fraction of sp³-hybridized carbons (Fsp3) is 0.875. The predicted octanol–water partition coefficient (Wildman–Crippen LogP) is -1.02. The minimum atomic E-state index is -3.28. The summed E-state index contributed by atoms with van der Waals surface area (Å²) in [5, 5.41) is -0.820. The van der Waals surface area contributed by atoms with E-state index in [4.69, 9.17) is 5.73 Å². The molecule has 0 saturated carbocycles. The number of hydrogen-bond donors (Lipinski definition) is 1. The molecule has 2 N–H and O–H groups in total. The average Bonchev–Trinajstić information content (AvgIpc) is 2.45. The monoisotopic (exact) mass is 220 g/mol. The molecular formula is C8H16N2O3S. The van der Waals surface area contributed by atoms with Gasteiger partial charge in [-0.05, 0) is 19.4 Å². The van der Waals surface area contributed by atoms with E-state index in [0.717, 1.165) is 0 Å². The van der Waals surface area contributed by atoms with Gasteiger partial charge >= 0.3 is 0 Å². The van der Waals surface area contributed by atoms with Crippen molar-refractivity contribution in [1.82, 2.24) is 4.90 Å². The standard InChI is InChI=1S/C8H16N2O3S/c1-10-5-3-7(8(10)11)14(12,13)6-2-4-9/h7H,2-6,9H2,1H3. The van der Waals surface area contributed by atoms with E-state index < -0.39 is 15.1 Å². The minimum Gasteiger partial charge on any atom is -0.345 e. The summed E-state index contributed by atoms with van der Waals surface area (Å²) in [7, 11) is -1.65. The van der Waals surface area contributed by atoms with Crippen LogP contribution in [0.4, 0.5) is 0 Å². The summed E-state index contributed by atoms with van der Waals surface area (Å²) in [5.74, 6) is -0.254. The number of hydrogen-bond acceptors (Lipinski definition) is 4. The van der Waals surface area contributed by atoms with E-state index in [9.17, 15) is 13.2 Å². The Morgan fingerprint density at radius 3 is 2.64 bits per heavy atom. The minimum absolute atomic E-state index is 0.0216. The van der Waals surface area contributed by atoms with Crippen molar-refractivity contribution in [3.05, 3.63) is 0 Å². The molecule has 0 aromatic heterocycles. The van der Waals surface area contributed by atoms with Crippen LogP contribution in [0, 0.1) is 0 Å². The van der Waals surface area contributed by atoms with Crippen LogP contribution in [0.3, 0.4) is 0 Å². The van der Waals surface area contributed by atoms with Gasteiger partial charge in [-0.2, -0.15) is 0 Å². The van der Waals surface area contributed by atoms with E-state index in [2.05, 4.69) is 0 Å². The Hall–Kier alpha value is -0.620. The number of rotatable bonds is 4. The lowest BCUT2D eigenvalue weighted by atomic mass is 10.4. The van der Waals surface area contributed by atoms with Crippen molar-refractivity contribution < 1.29 is 13.2 Å². The molecule has 0 aromatic rings. The summed E-state index contributed by atoms with van der Waals surface area (Å²) >= 11 is 0. The van der Waals surface area contributed by atoms with Crippen molar-refractivity contribution in [2.45, 2.75) is 18.1 Å². The first-order valence-corrected chi connectivity index (χ1v) is 6.37. The number of nitrogens with zero attached hydrogens (tertiary/aromatic N) is 1. The lowest BCUT2D eigenvalue weighted by Crippen LogP contribution is -2.33. The van der Waals surface area contributed by atoms with Crippen molar-refractivity contribution in [1.29, 1.82) is 0 Å². The van der Waals surface area contributed by atoms with Gasteiger partial charge in [0.25, 0.3) is 0 Å². The molecule has 1 unspecified atom stereocenters. The topological polar surface area (TPSA) is 80.5 Å². The Bertz CT molecular complexity index is 313. The highest BCUT2D eigenvalue weighted by molar-refractivity contribution is 7.92. The second kappa shape index (κ2) is 4.27. The van der Waals surface area contributed by atoms with Gasteiger partial charge in [-0.15, -0.1) is 0 Å². The fourth-order valence-electron chi connectivity index (χ4n) is 1.55. The SMILES string of the molecule is CN1CCC(S(=O)(=O)CCCN)C1=O. The fourth-order valence-corrected chi connectivity index (χ4v) is 3.36. The van der Waals surface area contributed by atoms with Crippen LogP contribution >= 0.6 is 0 Å². The van der Waals surface area contributed by atoms with Crippen molar-refractivity contribution >= 4 is 15.7 Å². The number of amides is 1. The molecule has 1 saturated heterocycles. The summed E-state index contributed by atoms with van der Waals surface area (Å²) in [6.07, 6.45) is 0.845. The van der Waals surface area contributed by atoms with Crippen LogP contribution in [-0.2, 0) is 14.6 Å². The molecule has 5 nitrogen and oxygen atoms in total. The third-order valence-electron chi connectivity index (χ3n) is 2.44. The molecule has 1 aliphatic heterocycles. The molecular weight excluding hydrogens is 204 g/mol. The summed E-state index contributed by atoms with van der Waals surface area (Å²) in [5.41, 5.74) is 5.24. The summed E-state index contributed by atoms with van der Waals surface area (Å²) in [6.45, 7) is 0.876. The Morgan fingerprint density at radius 1 is 1.57 bits per heavy atom. The van der Waals surface area contributed by atoms with Crippen LogP contribution in [0.2, 0.25) is 0 Å². The summed E-state index contributed by atoms with van der Waals surface area (Å²) < 4.78 is 23.3. The number of sulfone groups is 1. The first kappa shape index (κ1) is 11.5. The van der Waals surface area contributed by atoms with E-state index in [1.807, 2.05) is 0 Å². The Kier molecular flexibility index (Phi) is 3.49. The molecule has 0 bridgehead atoms. The normalized spacial score (nSPS) is 23.1. The van der Waals surface area contributed by atoms with Gasteiger partial charge in [0.15, 0.2) is 9.84 Å². The number of carbonyl (C=O) groups is 1. The third kappa shape index (κ3) is 2.24. The summed E-state index contributed by atoms with van der Waals surface area (Å²) in [6, 6.07) is 0. The van der Waals surface area contributed by atoms with Gasteiger partial charge < -0.3 is 10.6 Å². The van der Waals surface area contributed by atoms with Gasteiger partial charge in [0.1, 0.15) is 5.25 Å². The summed E-state index contributed by atoms with van der Waals surface area (Å²) in [4.78, 5) is 12.9. The molecule has 1 rings (SSSR count). The van der Waals surface area contributed by atoms with Gasteiger partial charge in [-0.25, -0.2) is 8.42 Å². The zero-order valence-corrected chi connectivity index (χ0v) is 9.09. The van der Waals surface area contributed by atoms with Crippen LogP contribution in [0.1, 0.15) is 12.8 Å². The van der Waals surface area contributed by atoms with Crippen LogP contribution in [0.5, 0.6) is 0 Å². The zero-order valence-electron chi connectivity index (χ0n) is 8.27. The molecule has 1 fully saturated rings. The maximum absolute atomic E-state index is 11.6. The van der Waals surface area contributed by atoms with Crippen molar-refractivity contribution in [2.24, 2.45) is 5.73 Å². The van der Waals surface area contributed by atoms with Crippen molar-refractivity contribution in [3.63, 3.8) is 0 Å². The molecule has 0 aliphatic carbocycles. The predicted molar refractivity (Wildman–Crippen MR) is 53.5 cm³/mol. The van der Waals surface area contributed by atoms with E-state index >= 15 is 0 Å². The number of carbonyl (C=O) groups excluding carboxylic acids is 1. The molecule has 1 atom stereocenters. The van der Waals surface area contributed by atoms with Gasteiger partial charge in [0, 0.05) is 13.6 Å². The molecule has 1 amide bonds. The van der Waals surface area contributed by atoms with Gasteiger partial charge in [0.2, 0.25) is 5.91 Å². The van der Waals surface area contributed by atoms with Gasteiger partial charge in [-0.1, -0.05) is 0 Å². The second-order valence-corrected chi connectivity index (χ2v) is 5.85. The molecule has 1 heterocycles. The lowest BCUT2D eigenvalue weighted by molar-refractivity contribution is -0.126. The second-order valence-electron chi connectivity index (χ2n) is 3.55. The molecule has 0 radical (unpaired) electrons. The van der Waals surface area contributed by atoms with Crippen LogP contribution in [0.15, 0.2) is 0 Å². The smallest absolute Gasteiger partial charge is 0.240 e. The van der Waals surface area contributed by atoms with E-state index in [1.54, 1.807) is 7.05 Å². The number of nitrogens with two attached hydrogens (primary N) is 1. The Labute approximate surface area is 84.2 Å². The lowest BCUT2D eigenvalue weighted by Gasteiger charge is -2.10. The zero-order chi connectivity index (χ0) is 10.8. The van der Waals surface area contributed by atoms with Crippen LogP contribution in [-0.4, -0.2) is 50.4 Å². The molecule has 0 spiro atoms.